The van der Waals surface area contributed by atoms with Gasteiger partial charge in [-0.05, 0) is 31.2 Å². The van der Waals surface area contributed by atoms with E-state index in [1.165, 1.54) is 19.3 Å². The molecule has 0 aliphatic carbocycles. The van der Waals surface area contributed by atoms with Gasteiger partial charge in [0.05, 0.1) is 0 Å². The second-order valence-corrected chi connectivity index (χ2v) is 5.91. The molecule has 1 heterocycles. The Balaban J connectivity index is 2.36. The number of nitrogens with one attached hydrogen (secondary N) is 2. The van der Waals surface area contributed by atoms with Crippen LogP contribution in [-0.2, 0) is 4.79 Å². The monoisotopic (exact) mass is 240 g/mol. The highest BCUT2D eigenvalue weighted by atomic mass is 16.1. The van der Waals surface area contributed by atoms with Crippen molar-refractivity contribution in [1.82, 2.24) is 10.6 Å². The quantitative estimate of drug-likeness (QED) is 0.773. The first-order valence-electron chi connectivity index (χ1n) is 7.03. The maximum absolute atomic E-state index is 12.1. The first-order valence-corrected chi connectivity index (χ1v) is 7.03. The van der Waals surface area contributed by atoms with Crippen LogP contribution in [0.5, 0.6) is 0 Å². The van der Waals surface area contributed by atoms with E-state index in [0.717, 1.165) is 13.1 Å². The summed E-state index contributed by atoms with van der Waals surface area (Å²) in [5, 5.41) is 6.57. The number of hydrogen-bond acceptors (Lipinski definition) is 2. The van der Waals surface area contributed by atoms with E-state index < -0.39 is 0 Å². The van der Waals surface area contributed by atoms with Crippen molar-refractivity contribution >= 4 is 5.91 Å². The molecule has 1 atom stereocenters. The largest absolute Gasteiger partial charge is 0.354 e. The van der Waals surface area contributed by atoms with Crippen LogP contribution >= 0.6 is 0 Å². The summed E-state index contributed by atoms with van der Waals surface area (Å²) in [5.41, 5.74) is 0. The third-order valence-corrected chi connectivity index (χ3v) is 3.67. The van der Waals surface area contributed by atoms with Gasteiger partial charge in [0.15, 0.2) is 0 Å². The Morgan fingerprint density at radius 2 is 1.88 bits per heavy atom. The molecule has 1 saturated heterocycles. The Labute approximate surface area is 106 Å². The van der Waals surface area contributed by atoms with E-state index in [9.17, 15) is 4.79 Å². The van der Waals surface area contributed by atoms with E-state index in [1.54, 1.807) is 0 Å². The van der Waals surface area contributed by atoms with Crippen LogP contribution in [0.3, 0.4) is 0 Å². The lowest BCUT2D eigenvalue weighted by molar-refractivity contribution is -0.127. The van der Waals surface area contributed by atoms with Crippen molar-refractivity contribution in [3.8, 4) is 0 Å². The zero-order valence-corrected chi connectivity index (χ0v) is 11.8. The van der Waals surface area contributed by atoms with Crippen LogP contribution < -0.4 is 10.6 Å². The van der Waals surface area contributed by atoms with Gasteiger partial charge in [0.2, 0.25) is 5.91 Å². The van der Waals surface area contributed by atoms with Gasteiger partial charge in [-0.1, -0.05) is 34.1 Å². The molecule has 1 unspecified atom stereocenters. The molecule has 1 amide bonds. The van der Waals surface area contributed by atoms with Crippen LogP contribution in [0.1, 0.15) is 47.0 Å². The molecule has 1 fully saturated rings. The lowest BCUT2D eigenvalue weighted by Crippen LogP contribution is -2.46. The van der Waals surface area contributed by atoms with Crippen molar-refractivity contribution in [2.75, 3.05) is 13.1 Å². The van der Waals surface area contributed by atoms with Crippen molar-refractivity contribution < 1.29 is 4.79 Å². The van der Waals surface area contributed by atoms with Gasteiger partial charge in [0.1, 0.15) is 0 Å². The maximum atomic E-state index is 12.1. The summed E-state index contributed by atoms with van der Waals surface area (Å²) in [6.45, 7) is 10.4. The minimum atomic E-state index is 0.138. The summed E-state index contributed by atoms with van der Waals surface area (Å²) in [6, 6.07) is 0.479. The van der Waals surface area contributed by atoms with Gasteiger partial charge >= 0.3 is 0 Å². The molecule has 0 bridgehead atoms. The lowest BCUT2D eigenvalue weighted by atomic mass is 9.85. The number of rotatable bonds is 5. The van der Waals surface area contributed by atoms with E-state index in [-0.39, 0.29) is 11.8 Å². The van der Waals surface area contributed by atoms with Crippen LogP contribution in [0.4, 0.5) is 0 Å². The highest BCUT2D eigenvalue weighted by Gasteiger charge is 2.25. The summed E-state index contributed by atoms with van der Waals surface area (Å²) >= 11 is 0. The predicted molar refractivity (Wildman–Crippen MR) is 71.8 cm³/mol. The van der Waals surface area contributed by atoms with Crippen LogP contribution in [0, 0.1) is 17.8 Å². The molecule has 1 aliphatic heterocycles. The Kier molecular flexibility index (Phi) is 5.96. The Hall–Kier alpha value is -0.570. The van der Waals surface area contributed by atoms with Crippen LogP contribution in [0.25, 0.3) is 0 Å². The molecule has 0 saturated carbocycles. The van der Waals surface area contributed by atoms with Gasteiger partial charge in [-0.2, -0.15) is 0 Å². The molecule has 0 spiro atoms. The first kappa shape index (κ1) is 14.5. The van der Waals surface area contributed by atoms with E-state index >= 15 is 0 Å². The number of carbonyl (C=O) groups excluding carboxylic acids is 1. The van der Waals surface area contributed by atoms with Crippen molar-refractivity contribution in [3.63, 3.8) is 0 Å². The third kappa shape index (κ3) is 4.66. The van der Waals surface area contributed by atoms with E-state index in [0.29, 0.717) is 17.9 Å². The molecule has 1 rings (SSSR count). The fourth-order valence-electron chi connectivity index (χ4n) is 2.82. The zero-order valence-electron chi connectivity index (χ0n) is 11.8. The Morgan fingerprint density at radius 3 is 2.35 bits per heavy atom. The zero-order chi connectivity index (χ0) is 12.8. The molecule has 0 aromatic rings. The van der Waals surface area contributed by atoms with Crippen molar-refractivity contribution in [2.45, 2.75) is 53.0 Å². The summed E-state index contributed by atoms with van der Waals surface area (Å²) in [5.74, 6) is 1.18. The van der Waals surface area contributed by atoms with Gasteiger partial charge in [-0.3, -0.25) is 4.79 Å². The fraction of sp³-hybridized carbons (Fsp3) is 0.929. The van der Waals surface area contributed by atoms with Gasteiger partial charge < -0.3 is 10.6 Å². The molecule has 0 aromatic heterocycles. The second-order valence-electron chi connectivity index (χ2n) is 5.91. The topological polar surface area (TPSA) is 41.1 Å². The number of amides is 1. The molecule has 2 N–H and O–H groups in total. The average molecular weight is 240 g/mol. The van der Waals surface area contributed by atoms with Crippen LogP contribution in [0.2, 0.25) is 0 Å². The molecule has 0 radical (unpaired) electrons. The Bertz CT molecular complexity index is 224. The smallest absolute Gasteiger partial charge is 0.223 e. The summed E-state index contributed by atoms with van der Waals surface area (Å²) < 4.78 is 0. The number of carbonyl (C=O) groups is 1. The second kappa shape index (κ2) is 7.00. The predicted octanol–water partition coefficient (Wildman–Crippen LogP) is 2.17. The normalized spacial score (nSPS) is 21.2. The van der Waals surface area contributed by atoms with Crippen molar-refractivity contribution in [3.05, 3.63) is 0 Å². The standard InChI is InChI=1S/C14H28N2O/c1-10(2)13(11(3)4)14(17)16-9-12-7-5-6-8-15-12/h10-13,15H,5-9H2,1-4H3,(H,16,17). The molecule has 100 valence electrons. The molecule has 3 nitrogen and oxygen atoms in total. The molecule has 17 heavy (non-hydrogen) atoms. The number of hydrogen-bond donors (Lipinski definition) is 2. The van der Waals surface area contributed by atoms with E-state index in [4.69, 9.17) is 0 Å². The van der Waals surface area contributed by atoms with E-state index in [1.807, 2.05) is 0 Å². The van der Waals surface area contributed by atoms with Gasteiger partial charge in [0, 0.05) is 18.5 Å². The first-order chi connectivity index (χ1) is 8.02. The van der Waals surface area contributed by atoms with Crippen LogP contribution in [-0.4, -0.2) is 25.0 Å². The third-order valence-electron chi connectivity index (χ3n) is 3.67. The Morgan fingerprint density at radius 1 is 1.24 bits per heavy atom. The van der Waals surface area contributed by atoms with Crippen molar-refractivity contribution in [2.24, 2.45) is 17.8 Å². The van der Waals surface area contributed by atoms with Gasteiger partial charge in [-0.15, -0.1) is 0 Å². The highest BCUT2D eigenvalue weighted by Crippen LogP contribution is 2.20. The van der Waals surface area contributed by atoms with Crippen LogP contribution in [0.15, 0.2) is 0 Å². The maximum Gasteiger partial charge on any atom is 0.223 e. The minimum absolute atomic E-state index is 0.138. The minimum Gasteiger partial charge on any atom is -0.354 e. The average Bonchev–Trinajstić information content (AvgIpc) is 2.27. The molecule has 0 aromatic carbocycles. The molecule has 3 heteroatoms. The molecule has 1 aliphatic rings. The fourth-order valence-corrected chi connectivity index (χ4v) is 2.82. The molecular formula is C14H28N2O. The summed E-state index contributed by atoms with van der Waals surface area (Å²) in [7, 11) is 0. The van der Waals surface area contributed by atoms with Crippen molar-refractivity contribution in [1.29, 1.82) is 0 Å². The van der Waals surface area contributed by atoms with Gasteiger partial charge in [0.25, 0.3) is 0 Å². The molecular weight excluding hydrogens is 212 g/mol. The summed E-state index contributed by atoms with van der Waals surface area (Å²) in [4.78, 5) is 12.1. The number of piperidine rings is 1. The SMILES string of the molecule is CC(C)C(C(=O)NCC1CCCCN1)C(C)C. The highest BCUT2D eigenvalue weighted by molar-refractivity contribution is 5.79. The van der Waals surface area contributed by atoms with E-state index in [2.05, 4.69) is 38.3 Å². The lowest BCUT2D eigenvalue weighted by Gasteiger charge is -2.27. The summed E-state index contributed by atoms with van der Waals surface area (Å²) in [6.07, 6.45) is 3.74. The van der Waals surface area contributed by atoms with Gasteiger partial charge in [-0.25, -0.2) is 0 Å².